The van der Waals surface area contributed by atoms with Gasteiger partial charge in [-0.25, -0.2) is 0 Å². The summed E-state index contributed by atoms with van der Waals surface area (Å²) < 4.78 is 9.65. The van der Waals surface area contributed by atoms with Crippen molar-refractivity contribution in [2.45, 2.75) is 18.2 Å². The first-order chi connectivity index (χ1) is 8.58. The predicted octanol–water partition coefficient (Wildman–Crippen LogP) is 2.23. The summed E-state index contributed by atoms with van der Waals surface area (Å²) in [6.07, 6.45) is -0.174. The van der Waals surface area contributed by atoms with Gasteiger partial charge in [0.25, 0.3) is 0 Å². The van der Waals surface area contributed by atoms with Crippen LogP contribution >= 0.6 is 11.8 Å². The molecule has 0 bridgehead atoms. The number of ketones is 1. The fraction of sp³-hybridized carbons (Fsp3) is 0.385. The molecule has 0 fully saturated rings. The van der Waals surface area contributed by atoms with Crippen molar-refractivity contribution in [3.8, 4) is 5.75 Å². The van der Waals surface area contributed by atoms with Crippen LogP contribution in [0.5, 0.6) is 5.75 Å². The molecule has 0 N–H and O–H groups in total. The summed E-state index contributed by atoms with van der Waals surface area (Å²) in [5.74, 6) is 0.404. The van der Waals surface area contributed by atoms with Crippen LogP contribution in [0.3, 0.4) is 0 Å². The van der Waals surface area contributed by atoms with E-state index in [2.05, 4.69) is 4.74 Å². The van der Waals surface area contributed by atoms with Gasteiger partial charge in [-0.1, -0.05) is 6.07 Å². The SMILES string of the molecule is COC(=O)CC(=O)CSc1cccc(OC)c1C. The van der Waals surface area contributed by atoms with Gasteiger partial charge < -0.3 is 9.47 Å². The van der Waals surface area contributed by atoms with Gasteiger partial charge >= 0.3 is 5.97 Å². The van der Waals surface area contributed by atoms with Crippen LogP contribution < -0.4 is 4.74 Å². The van der Waals surface area contributed by atoms with Crippen LogP contribution in [0.2, 0.25) is 0 Å². The maximum Gasteiger partial charge on any atom is 0.313 e. The summed E-state index contributed by atoms with van der Waals surface area (Å²) in [5.41, 5.74) is 0.996. The van der Waals surface area contributed by atoms with Crippen LogP contribution in [-0.4, -0.2) is 31.7 Å². The summed E-state index contributed by atoms with van der Waals surface area (Å²) in [5, 5.41) is 0. The minimum Gasteiger partial charge on any atom is -0.496 e. The molecule has 18 heavy (non-hydrogen) atoms. The lowest BCUT2D eigenvalue weighted by Gasteiger charge is -2.09. The number of carbonyl (C=O) groups excluding carboxylic acids is 2. The standard InChI is InChI=1S/C13H16O4S/c1-9-11(16-2)5-4-6-12(9)18-8-10(14)7-13(15)17-3/h4-6H,7-8H2,1-3H3. The van der Waals surface area contributed by atoms with Crippen molar-refractivity contribution in [1.82, 2.24) is 0 Å². The van der Waals surface area contributed by atoms with Crippen molar-refractivity contribution in [2.24, 2.45) is 0 Å². The monoisotopic (exact) mass is 268 g/mol. The molecule has 0 aliphatic carbocycles. The maximum atomic E-state index is 11.5. The third kappa shape index (κ3) is 4.07. The van der Waals surface area contributed by atoms with E-state index in [1.807, 2.05) is 25.1 Å². The zero-order valence-electron chi connectivity index (χ0n) is 10.7. The number of methoxy groups -OCH3 is 2. The molecule has 1 aromatic carbocycles. The zero-order chi connectivity index (χ0) is 13.5. The molecule has 0 aliphatic heterocycles. The molecule has 0 saturated heterocycles. The molecule has 98 valence electrons. The molecule has 0 radical (unpaired) electrons. The number of carbonyl (C=O) groups is 2. The number of thioether (sulfide) groups is 1. The fourth-order valence-corrected chi connectivity index (χ4v) is 2.32. The second kappa shape index (κ2) is 7.06. The van der Waals surface area contributed by atoms with Gasteiger partial charge in [-0.3, -0.25) is 9.59 Å². The van der Waals surface area contributed by atoms with Crippen molar-refractivity contribution in [2.75, 3.05) is 20.0 Å². The molecule has 0 atom stereocenters. The number of benzene rings is 1. The maximum absolute atomic E-state index is 11.5. The Morgan fingerprint density at radius 1 is 1.28 bits per heavy atom. The van der Waals surface area contributed by atoms with Crippen LogP contribution in [0, 0.1) is 6.92 Å². The second-order valence-electron chi connectivity index (χ2n) is 3.66. The Hall–Kier alpha value is -1.49. The van der Waals surface area contributed by atoms with Gasteiger partial charge in [0.1, 0.15) is 12.2 Å². The van der Waals surface area contributed by atoms with E-state index >= 15 is 0 Å². The Labute approximate surface area is 111 Å². The topological polar surface area (TPSA) is 52.6 Å². The molecule has 0 amide bonds. The highest BCUT2D eigenvalue weighted by atomic mass is 32.2. The zero-order valence-corrected chi connectivity index (χ0v) is 11.5. The quantitative estimate of drug-likeness (QED) is 0.450. The van der Waals surface area contributed by atoms with Gasteiger partial charge in [0.2, 0.25) is 0 Å². The minimum atomic E-state index is -0.497. The van der Waals surface area contributed by atoms with E-state index in [1.165, 1.54) is 18.9 Å². The minimum absolute atomic E-state index is 0.144. The molecule has 0 aromatic heterocycles. The summed E-state index contributed by atoms with van der Waals surface area (Å²) >= 11 is 1.40. The van der Waals surface area contributed by atoms with Crippen molar-refractivity contribution >= 4 is 23.5 Å². The molecule has 0 spiro atoms. The smallest absolute Gasteiger partial charge is 0.313 e. The van der Waals surface area contributed by atoms with Crippen molar-refractivity contribution in [1.29, 1.82) is 0 Å². The average molecular weight is 268 g/mol. The van der Waals surface area contributed by atoms with Crippen molar-refractivity contribution in [3.05, 3.63) is 23.8 Å². The molecule has 0 aliphatic rings. The molecule has 0 unspecified atom stereocenters. The lowest BCUT2D eigenvalue weighted by atomic mass is 10.2. The lowest BCUT2D eigenvalue weighted by molar-refractivity contribution is -0.142. The first-order valence-electron chi connectivity index (χ1n) is 5.43. The molecule has 0 saturated carbocycles. The third-order valence-corrected chi connectivity index (χ3v) is 3.63. The van der Waals surface area contributed by atoms with E-state index in [9.17, 15) is 9.59 Å². The van der Waals surface area contributed by atoms with E-state index in [-0.39, 0.29) is 18.0 Å². The van der Waals surface area contributed by atoms with Gasteiger partial charge in [0.15, 0.2) is 5.78 Å². The van der Waals surface area contributed by atoms with E-state index < -0.39 is 5.97 Å². The van der Waals surface area contributed by atoms with Crippen molar-refractivity contribution < 1.29 is 19.1 Å². The Kier molecular flexibility index (Phi) is 5.71. The van der Waals surface area contributed by atoms with Crippen LogP contribution in [0.15, 0.2) is 23.1 Å². The highest BCUT2D eigenvalue weighted by molar-refractivity contribution is 8.00. The lowest BCUT2D eigenvalue weighted by Crippen LogP contribution is -2.11. The van der Waals surface area contributed by atoms with Gasteiger partial charge in [0, 0.05) is 10.5 Å². The van der Waals surface area contributed by atoms with Crippen molar-refractivity contribution in [3.63, 3.8) is 0 Å². The normalized spacial score (nSPS) is 9.94. The summed E-state index contributed by atoms with van der Waals surface area (Å²) in [4.78, 5) is 23.4. The van der Waals surface area contributed by atoms with Gasteiger partial charge in [-0.2, -0.15) is 0 Å². The Balaban J connectivity index is 2.58. The Bertz CT molecular complexity index is 443. The number of hydrogen-bond acceptors (Lipinski definition) is 5. The van der Waals surface area contributed by atoms with E-state index in [0.29, 0.717) is 0 Å². The first kappa shape index (κ1) is 14.6. The first-order valence-corrected chi connectivity index (χ1v) is 6.42. The van der Waals surface area contributed by atoms with Gasteiger partial charge in [0.05, 0.1) is 20.0 Å². The van der Waals surface area contributed by atoms with Gasteiger partial charge in [-0.15, -0.1) is 11.8 Å². The highest BCUT2D eigenvalue weighted by Gasteiger charge is 2.11. The molecule has 1 aromatic rings. The molecular formula is C13H16O4S. The third-order valence-electron chi connectivity index (χ3n) is 2.41. The average Bonchev–Trinajstić information content (AvgIpc) is 2.37. The largest absolute Gasteiger partial charge is 0.496 e. The predicted molar refractivity (Wildman–Crippen MR) is 70.1 cm³/mol. The Morgan fingerprint density at radius 2 is 2.00 bits per heavy atom. The number of rotatable bonds is 6. The Morgan fingerprint density at radius 3 is 2.61 bits per heavy atom. The van der Waals surface area contributed by atoms with E-state index in [0.717, 1.165) is 16.2 Å². The van der Waals surface area contributed by atoms with Crippen LogP contribution in [-0.2, 0) is 14.3 Å². The van der Waals surface area contributed by atoms with E-state index in [1.54, 1.807) is 7.11 Å². The number of esters is 1. The number of hydrogen-bond donors (Lipinski definition) is 0. The fourth-order valence-electron chi connectivity index (χ4n) is 1.41. The molecule has 5 heteroatoms. The molecule has 0 heterocycles. The van der Waals surface area contributed by atoms with E-state index in [4.69, 9.17) is 4.74 Å². The number of Topliss-reactive ketones (excluding diaryl/α,β-unsaturated/α-hetero) is 1. The summed E-state index contributed by atoms with van der Waals surface area (Å²) in [6.45, 7) is 1.94. The highest BCUT2D eigenvalue weighted by Crippen LogP contribution is 2.29. The second-order valence-corrected chi connectivity index (χ2v) is 4.68. The molecule has 4 nitrogen and oxygen atoms in total. The number of ether oxygens (including phenoxy) is 2. The van der Waals surface area contributed by atoms with Crippen LogP contribution in [0.25, 0.3) is 0 Å². The molecule has 1 rings (SSSR count). The van der Waals surface area contributed by atoms with Gasteiger partial charge in [-0.05, 0) is 19.1 Å². The van der Waals surface area contributed by atoms with Crippen LogP contribution in [0.1, 0.15) is 12.0 Å². The summed E-state index contributed by atoms with van der Waals surface area (Å²) in [7, 11) is 2.88. The van der Waals surface area contributed by atoms with Crippen LogP contribution in [0.4, 0.5) is 0 Å². The molecular weight excluding hydrogens is 252 g/mol. The summed E-state index contributed by atoms with van der Waals surface area (Å²) in [6, 6.07) is 5.67.